The van der Waals surface area contributed by atoms with Gasteiger partial charge in [0.1, 0.15) is 0 Å². The van der Waals surface area contributed by atoms with Gasteiger partial charge in [-0.15, -0.1) is 30.6 Å². The summed E-state index contributed by atoms with van der Waals surface area (Å²) < 4.78 is 0. The summed E-state index contributed by atoms with van der Waals surface area (Å²) in [4.78, 5) is 0. The maximum atomic E-state index is 4.29. The van der Waals surface area contributed by atoms with Gasteiger partial charge in [-0.25, -0.2) is 0 Å². The van der Waals surface area contributed by atoms with Crippen molar-refractivity contribution < 1.29 is 0 Å². The first-order valence-corrected chi connectivity index (χ1v) is 8.11. The van der Waals surface area contributed by atoms with Crippen molar-refractivity contribution in [1.29, 1.82) is 0 Å². The van der Waals surface area contributed by atoms with E-state index in [2.05, 4.69) is 74.0 Å². The van der Waals surface area contributed by atoms with Gasteiger partial charge < -0.3 is 0 Å². The van der Waals surface area contributed by atoms with Crippen LogP contribution in [-0.2, 0) is 18.3 Å². The summed E-state index contributed by atoms with van der Waals surface area (Å²) >= 11 is 0. The van der Waals surface area contributed by atoms with Crippen LogP contribution in [0, 0.1) is 0 Å². The van der Waals surface area contributed by atoms with Crippen molar-refractivity contribution in [2.24, 2.45) is 0 Å². The van der Waals surface area contributed by atoms with Gasteiger partial charge in [0.25, 0.3) is 0 Å². The molecule has 0 fully saturated rings. The predicted molar refractivity (Wildman–Crippen MR) is 86.4 cm³/mol. The van der Waals surface area contributed by atoms with Gasteiger partial charge in [0.2, 0.25) is 0 Å². The van der Waals surface area contributed by atoms with Gasteiger partial charge in [-0.1, -0.05) is 46.0 Å². The highest BCUT2D eigenvalue weighted by Crippen LogP contribution is 2.38. The van der Waals surface area contributed by atoms with Crippen LogP contribution >= 0.6 is 0 Å². The summed E-state index contributed by atoms with van der Waals surface area (Å²) in [6.07, 6.45) is 2.56. The lowest BCUT2D eigenvalue weighted by atomic mass is 9.72. The molecule has 0 radical (unpaired) electrons. The molecule has 3 N–H and O–H groups in total. The quantitative estimate of drug-likeness (QED) is 0.389. The average molecular weight is 352 g/mol. The first kappa shape index (κ1) is 15.9. The van der Waals surface area contributed by atoms with Crippen LogP contribution < -0.4 is 0 Å². The molecule has 132 valence electrons. The first-order chi connectivity index (χ1) is 12.9. The van der Waals surface area contributed by atoms with Crippen LogP contribution in [0.4, 0.5) is 0 Å². The fraction of sp³-hybridized carbons (Fsp3) is 0.357. The number of aryl methyl sites for hydroxylation is 2. The van der Waals surface area contributed by atoms with Gasteiger partial charge in [0.05, 0.1) is 5.41 Å². The first-order valence-electron chi connectivity index (χ1n) is 8.11. The van der Waals surface area contributed by atoms with Crippen LogP contribution in [-0.4, -0.2) is 61.9 Å². The number of rotatable bonds is 8. The largest absolute Gasteiger partial charge is 0.185 e. The predicted octanol–water partition coefficient (Wildman–Crippen LogP) is -0.222. The van der Waals surface area contributed by atoms with Crippen molar-refractivity contribution in [1.82, 2.24) is 61.9 Å². The molecule has 0 spiro atoms. The maximum Gasteiger partial charge on any atom is 0.185 e. The molecule has 1 aromatic carbocycles. The van der Waals surface area contributed by atoms with E-state index in [0.29, 0.717) is 43.2 Å². The van der Waals surface area contributed by atoms with Crippen LogP contribution in [0.25, 0.3) is 0 Å². The Morgan fingerprint density at radius 1 is 0.692 bits per heavy atom. The molecule has 4 aromatic rings. The topological polar surface area (TPSA) is 163 Å². The van der Waals surface area contributed by atoms with Crippen LogP contribution in [0.3, 0.4) is 0 Å². The van der Waals surface area contributed by atoms with E-state index in [1.807, 2.05) is 18.2 Å². The number of hydrogen-bond donors (Lipinski definition) is 3. The summed E-state index contributed by atoms with van der Waals surface area (Å²) in [7, 11) is 0. The van der Waals surface area contributed by atoms with E-state index in [1.54, 1.807) is 0 Å². The average Bonchev–Trinajstić information content (AvgIpc) is 3.46. The minimum absolute atomic E-state index is 0.504. The third-order valence-electron chi connectivity index (χ3n) is 4.43. The smallest absolute Gasteiger partial charge is 0.177 e. The molecule has 0 aliphatic heterocycles. The Balaban J connectivity index is 1.71. The van der Waals surface area contributed by atoms with E-state index >= 15 is 0 Å². The van der Waals surface area contributed by atoms with Crippen LogP contribution in [0.15, 0.2) is 30.3 Å². The molecule has 4 rings (SSSR count). The number of tetrazole rings is 3. The van der Waals surface area contributed by atoms with Gasteiger partial charge in [0.15, 0.2) is 17.5 Å². The zero-order chi connectivity index (χ0) is 17.7. The number of nitrogens with zero attached hydrogens (tertiary/aromatic N) is 9. The van der Waals surface area contributed by atoms with Gasteiger partial charge >= 0.3 is 0 Å². The lowest BCUT2D eigenvalue weighted by Crippen LogP contribution is -2.31. The van der Waals surface area contributed by atoms with Gasteiger partial charge in [-0.2, -0.15) is 15.6 Å². The highest BCUT2D eigenvalue weighted by Gasteiger charge is 2.38. The Morgan fingerprint density at radius 3 is 1.77 bits per heavy atom. The zero-order valence-electron chi connectivity index (χ0n) is 13.7. The number of aromatic nitrogens is 12. The molecule has 12 nitrogen and oxygen atoms in total. The van der Waals surface area contributed by atoms with Crippen molar-refractivity contribution in [3.63, 3.8) is 0 Å². The molecule has 0 unspecified atom stereocenters. The van der Waals surface area contributed by atoms with Crippen molar-refractivity contribution in [3.8, 4) is 0 Å². The monoisotopic (exact) mass is 352 g/mol. The Morgan fingerprint density at radius 2 is 1.27 bits per heavy atom. The third-order valence-corrected chi connectivity index (χ3v) is 4.43. The highest BCUT2D eigenvalue weighted by molar-refractivity contribution is 5.32. The summed E-state index contributed by atoms with van der Waals surface area (Å²) in [5.74, 6) is 1.87. The summed E-state index contributed by atoms with van der Waals surface area (Å²) in [6.45, 7) is 0. The number of benzene rings is 1. The molecular weight excluding hydrogens is 336 g/mol. The molecule has 3 heterocycles. The zero-order valence-corrected chi connectivity index (χ0v) is 13.7. The second-order valence-electron chi connectivity index (χ2n) is 5.84. The van der Waals surface area contributed by atoms with E-state index < -0.39 is 5.41 Å². The van der Waals surface area contributed by atoms with E-state index in [0.717, 1.165) is 5.56 Å². The standard InChI is InChI=1S/C14H16N12/c1-2-4-10(5-3-1)14(13-19-25-26-20-13,8-6-11-15-21-22-16-11)9-7-12-17-23-24-18-12/h1-5H,6-9H2,(H,15,16,21,22)(H,17,18,23,24)(H,19,20,25,26). The maximum absolute atomic E-state index is 4.29. The van der Waals surface area contributed by atoms with Gasteiger partial charge in [0, 0.05) is 12.8 Å². The number of hydrogen-bond acceptors (Lipinski definition) is 9. The molecule has 0 saturated carbocycles. The highest BCUT2D eigenvalue weighted by atomic mass is 15.5. The second kappa shape index (κ2) is 7.13. The lowest BCUT2D eigenvalue weighted by molar-refractivity contribution is 0.405. The van der Waals surface area contributed by atoms with Crippen molar-refractivity contribution in [2.45, 2.75) is 31.1 Å². The van der Waals surface area contributed by atoms with E-state index in [-0.39, 0.29) is 0 Å². The molecule has 3 aromatic heterocycles. The molecule has 0 atom stereocenters. The van der Waals surface area contributed by atoms with E-state index in [9.17, 15) is 0 Å². The molecule has 0 saturated heterocycles. The third kappa shape index (κ3) is 3.16. The Hall–Kier alpha value is -3.57. The van der Waals surface area contributed by atoms with E-state index in [1.165, 1.54) is 0 Å². The molecule has 12 heteroatoms. The van der Waals surface area contributed by atoms with Crippen LogP contribution in [0.5, 0.6) is 0 Å². The second-order valence-corrected chi connectivity index (χ2v) is 5.84. The lowest BCUT2D eigenvalue weighted by Gasteiger charge is -2.31. The van der Waals surface area contributed by atoms with Crippen LogP contribution in [0.2, 0.25) is 0 Å². The fourth-order valence-electron chi connectivity index (χ4n) is 3.12. The molecular formula is C14H16N12. The number of nitrogens with one attached hydrogen (secondary N) is 3. The fourth-order valence-corrected chi connectivity index (χ4v) is 3.12. The number of aromatic amines is 3. The summed E-state index contributed by atoms with van der Waals surface area (Å²) in [5, 5.41) is 43.3. The summed E-state index contributed by atoms with van der Waals surface area (Å²) in [5.41, 5.74) is 0.573. The Labute approximate surface area is 147 Å². The Kier molecular flexibility index (Phi) is 4.37. The van der Waals surface area contributed by atoms with Gasteiger partial charge in [-0.05, 0) is 18.4 Å². The molecule has 26 heavy (non-hydrogen) atoms. The minimum Gasteiger partial charge on any atom is -0.177 e. The normalized spacial score (nSPS) is 11.7. The summed E-state index contributed by atoms with van der Waals surface area (Å²) in [6, 6.07) is 10.1. The molecule has 0 amide bonds. The van der Waals surface area contributed by atoms with Crippen LogP contribution in [0.1, 0.15) is 35.9 Å². The Bertz CT molecular complexity index is 847. The SMILES string of the molecule is c1ccc(C(CCc2nn[nH]n2)(CCc2nn[nH]n2)c2nn[nH]n2)cc1. The molecule has 0 aliphatic rings. The van der Waals surface area contributed by atoms with Crippen molar-refractivity contribution in [3.05, 3.63) is 53.4 Å². The number of H-pyrrole nitrogens is 3. The van der Waals surface area contributed by atoms with E-state index in [4.69, 9.17) is 0 Å². The van der Waals surface area contributed by atoms with Crippen molar-refractivity contribution in [2.75, 3.05) is 0 Å². The molecule has 0 bridgehead atoms. The van der Waals surface area contributed by atoms with Gasteiger partial charge in [-0.3, -0.25) is 0 Å². The van der Waals surface area contributed by atoms with Crippen molar-refractivity contribution >= 4 is 0 Å². The molecule has 0 aliphatic carbocycles. The minimum atomic E-state index is -0.504.